The first kappa shape index (κ1) is 18.0. The molecular weight excluding hydrogens is 320 g/mol. The van der Waals surface area contributed by atoms with E-state index in [1.165, 1.54) is 0 Å². The fourth-order valence-electron chi connectivity index (χ4n) is 3.26. The summed E-state index contributed by atoms with van der Waals surface area (Å²) in [5.74, 6) is 2.24. The summed E-state index contributed by atoms with van der Waals surface area (Å²) in [6.07, 6.45) is 1.23. The third-order valence-electron chi connectivity index (χ3n) is 4.45. The van der Waals surface area contributed by atoms with Gasteiger partial charge in [0.25, 0.3) is 0 Å². The van der Waals surface area contributed by atoms with Gasteiger partial charge in [0.05, 0.1) is 12.7 Å². The summed E-state index contributed by atoms with van der Waals surface area (Å²) in [5.41, 5.74) is 1.08. The van der Waals surface area contributed by atoms with E-state index in [1.54, 1.807) is 0 Å². The lowest BCUT2D eigenvalue weighted by atomic mass is 10.1. The molecule has 138 valence electrons. The molecule has 1 atom stereocenters. The first-order valence-corrected chi connectivity index (χ1v) is 9.09. The predicted molar refractivity (Wildman–Crippen MR) is 94.9 cm³/mol. The van der Waals surface area contributed by atoms with E-state index in [1.807, 2.05) is 18.2 Å². The van der Waals surface area contributed by atoms with Crippen LogP contribution in [0.25, 0.3) is 0 Å². The van der Waals surface area contributed by atoms with Crippen LogP contribution in [0.4, 0.5) is 0 Å². The molecule has 0 aliphatic carbocycles. The maximum absolute atomic E-state index is 12.1. The van der Waals surface area contributed by atoms with Gasteiger partial charge >= 0.3 is 0 Å². The molecule has 3 rings (SSSR count). The minimum atomic E-state index is 0.0576. The summed E-state index contributed by atoms with van der Waals surface area (Å²) in [6.45, 7) is 8.99. The Morgan fingerprint density at radius 2 is 2.16 bits per heavy atom. The van der Waals surface area contributed by atoms with Crippen LogP contribution in [0.15, 0.2) is 18.2 Å². The zero-order valence-electron chi connectivity index (χ0n) is 15.1. The van der Waals surface area contributed by atoms with E-state index < -0.39 is 0 Å². The average molecular weight is 348 g/mol. The molecule has 1 N–H and O–H groups in total. The summed E-state index contributed by atoms with van der Waals surface area (Å²) in [5, 5.41) is 3.00. The Morgan fingerprint density at radius 3 is 3.00 bits per heavy atom. The van der Waals surface area contributed by atoms with Gasteiger partial charge in [-0.15, -0.1) is 0 Å². The molecular formula is C19H28N2O4. The zero-order valence-corrected chi connectivity index (χ0v) is 15.1. The second kappa shape index (κ2) is 8.54. The molecule has 0 spiro atoms. The van der Waals surface area contributed by atoms with Crippen molar-refractivity contribution in [2.45, 2.75) is 32.8 Å². The van der Waals surface area contributed by atoms with Crippen molar-refractivity contribution >= 4 is 5.91 Å². The Morgan fingerprint density at radius 1 is 1.32 bits per heavy atom. The van der Waals surface area contributed by atoms with E-state index in [4.69, 9.17) is 14.2 Å². The van der Waals surface area contributed by atoms with Gasteiger partial charge in [-0.05, 0) is 30.0 Å². The van der Waals surface area contributed by atoms with Crippen molar-refractivity contribution in [1.82, 2.24) is 10.2 Å². The van der Waals surface area contributed by atoms with Crippen LogP contribution in [-0.2, 0) is 16.0 Å². The van der Waals surface area contributed by atoms with Crippen LogP contribution < -0.4 is 14.8 Å². The lowest BCUT2D eigenvalue weighted by molar-refractivity contribution is -0.122. The highest BCUT2D eigenvalue weighted by Crippen LogP contribution is 2.32. The molecule has 2 heterocycles. The van der Waals surface area contributed by atoms with Crippen molar-refractivity contribution in [3.8, 4) is 11.5 Å². The highest BCUT2D eigenvalue weighted by atomic mass is 16.7. The van der Waals surface area contributed by atoms with Crippen LogP contribution in [0.3, 0.4) is 0 Å². The van der Waals surface area contributed by atoms with Crippen LogP contribution in [-0.4, -0.2) is 56.5 Å². The molecule has 1 amide bonds. The number of fused-ring (bicyclic) bond motifs is 1. The normalized spacial score (nSPS) is 20.0. The number of hydrogen-bond acceptors (Lipinski definition) is 5. The molecule has 6 heteroatoms. The monoisotopic (exact) mass is 348 g/mol. The number of nitrogens with zero attached hydrogens (tertiary/aromatic N) is 1. The van der Waals surface area contributed by atoms with Crippen molar-refractivity contribution in [2.75, 3.05) is 39.6 Å². The Labute approximate surface area is 149 Å². The van der Waals surface area contributed by atoms with Crippen molar-refractivity contribution in [2.24, 2.45) is 5.92 Å². The molecule has 2 aliphatic heterocycles. The number of morpholine rings is 1. The third-order valence-corrected chi connectivity index (χ3v) is 4.45. The highest BCUT2D eigenvalue weighted by molar-refractivity contribution is 5.76. The largest absolute Gasteiger partial charge is 0.454 e. The van der Waals surface area contributed by atoms with E-state index in [0.29, 0.717) is 25.3 Å². The lowest BCUT2D eigenvalue weighted by Crippen LogP contribution is -2.48. The molecule has 2 aliphatic rings. The number of carbonyl (C=O) groups excluding carboxylic acids is 1. The summed E-state index contributed by atoms with van der Waals surface area (Å²) >= 11 is 0. The number of aryl methyl sites for hydroxylation is 1. The first-order chi connectivity index (χ1) is 12.1. The fourth-order valence-corrected chi connectivity index (χ4v) is 3.26. The van der Waals surface area contributed by atoms with Gasteiger partial charge in [-0.2, -0.15) is 0 Å². The van der Waals surface area contributed by atoms with Crippen molar-refractivity contribution in [1.29, 1.82) is 0 Å². The SMILES string of the molecule is CC(C)CN1CCO[C@@H](CNC(=O)CCc2ccc3c(c2)OCO3)C1. The molecule has 0 saturated carbocycles. The van der Waals surface area contributed by atoms with Gasteiger partial charge in [0, 0.05) is 32.6 Å². The first-order valence-electron chi connectivity index (χ1n) is 9.09. The Bertz CT molecular complexity index is 591. The van der Waals surface area contributed by atoms with E-state index in [-0.39, 0.29) is 18.8 Å². The van der Waals surface area contributed by atoms with Crippen LogP contribution in [0.5, 0.6) is 11.5 Å². The van der Waals surface area contributed by atoms with Gasteiger partial charge in [-0.3, -0.25) is 9.69 Å². The van der Waals surface area contributed by atoms with E-state index >= 15 is 0 Å². The zero-order chi connectivity index (χ0) is 17.6. The quantitative estimate of drug-likeness (QED) is 0.814. The number of nitrogens with one attached hydrogen (secondary N) is 1. The fraction of sp³-hybridized carbons (Fsp3) is 0.632. The topological polar surface area (TPSA) is 60.0 Å². The molecule has 1 aromatic carbocycles. The molecule has 0 radical (unpaired) electrons. The molecule has 25 heavy (non-hydrogen) atoms. The standard InChI is InChI=1S/C19H28N2O4/c1-14(2)11-21-7-8-23-16(12-21)10-20-19(22)6-4-15-3-5-17-18(9-15)25-13-24-17/h3,5,9,14,16H,4,6-8,10-13H2,1-2H3,(H,20,22)/t16-/m0/s1. The number of carbonyl (C=O) groups is 1. The second-order valence-electron chi connectivity index (χ2n) is 7.14. The molecule has 0 unspecified atom stereocenters. The molecule has 6 nitrogen and oxygen atoms in total. The second-order valence-corrected chi connectivity index (χ2v) is 7.14. The molecule has 0 aromatic heterocycles. The van der Waals surface area contributed by atoms with Gasteiger partial charge in [0.1, 0.15) is 0 Å². The molecule has 1 saturated heterocycles. The van der Waals surface area contributed by atoms with Gasteiger partial charge in [0.2, 0.25) is 12.7 Å². The summed E-state index contributed by atoms with van der Waals surface area (Å²) < 4.78 is 16.4. The van der Waals surface area contributed by atoms with Gasteiger partial charge in [-0.25, -0.2) is 0 Å². The summed E-state index contributed by atoms with van der Waals surface area (Å²) in [7, 11) is 0. The summed E-state index contributed by atoms with van der Waals surface area (Å²) in [4.78, 5) is 14.5. The van der Waals surface area contributed by atoms with Crippen LogP contribution in [0.2, 0.25) is 0 Å². The van der Waals surface area contributed by atoms with Gasteiger partial charge in [-0.1, -0.05) is 19.9 Å². The number of benzene rings is 1. The lowest BCUT2D eigenvalue weighted by Gasteiger charge is -2.33. The van der Waals surface area contributed by atoms with E-state index in [9.17, 15) is 4.79 Å². The van der Waals surface area contributed by atoms with Crippen LogP contribution >= 0.6 is 0 Å². The maximum atomic E-state index is 12.1. The van der Waals surface area contributed by atoms with Crippen LogP contribution in [0, 0.1) is 5.92 Å². The number of amides is 1. The van der Waals surface area contributed by atoms with Crippen molar-refractivity contribution < 1.29 is 19.0 Å². The Hall–Kier alpha value is -1.79. The minimum Gasteiger partial charge on any atom is -0.454 e. The summed E-state index contributed by atoms with van der Waals surface area (Å²) in [6, 6.07) is 5.83. The van der Waals surface area contributed by atoms with Crippen LogP contribution in [0.1, 0.15) is 25.8 Å². The smallest absolute Gasteiger partial charge is 0.231 e. The number of hydrogen-bond donors (Lipinski definition) is 1. The van der Waals surface area contributed by atoms with Gasteiger partial charge < -0.3 is 19.5 Å². The van der Waals surface area contributed by atoms with E-state index in [2.05, 4.69) is 24.1 Å². The minimum absolute atomic E-state index is 0.0576. The Kier molecular flexibility index (Phi) is 6.15. The third kappa shape index (κ3) is 5.34. The van der Waals surface area contributed by atoms with Crippen molar-refractivity contribution in [3.05, 3.63) is 23.8 Å². The predicted octanol–water partition coefficient (Wildman–Crippen LogP) is 1.82. The average Bonchev–Trinajstić information content (AvgIpc) is 3.05. The molecule has 0 bridgehead atoms. The Balaban J connectivity index is 1.38. The van der Waals surface area contributed by atoms with E-state index in [0.717, 1.165) is 43.3 Å². The number of rotatable bonds is 7. The number of ether oxygens (including phenoxy) is 3. The molecule has 1 fully saturated rings. The van der Waals surface area contributed by atoms with Crippen molar-refractivity contribution in [3.63, 3.8) is 0 Å². The maximum Gasteiger partial charge on any atom is 0.231 e. The highest BCUT2D eigenvalue weighted by Gasteiger charge is 2.21. The molecule has 1 aromatic rings. The van der Waals surface area contributed by atoms with Gasteiger partial charge in [0.15, 0.2) is 11.5 Å².